The molecule has 0 bridgehead atoms. The molecule has 8 nitrogen and oxygen atoms in total. The Hall–Kier alpha value is -3.56. The van der Waals surface area contributed by atoms with E-state index in [1.165, 1.54) is 12.7 Å². The molecule has 2 amide bonds. The number of aromatic nitrogens is 1. The van der Waals surface area contributed by atoms with E-state index in [0.29, 0.717) is 22.0 Å². The highest BCUT2D eigenvalue weighted by molar-refractivity contribution is 7.85. The first kappa shape index (κ1) is 29.0. The normalized spacial score (nSPS) is 19.4. The van der Waals surface area contributed by atoms with E-state index in [-0.39, 0.29) is 23.7 Å². The summed E-state index contributed by atoms with van der Waals surface area (Å²) in [6.45, 7) is 9.57. The largest absolute Gasteiger partial charge is 0.465 e. The predicted molar refractivity (Wildman–Crippen MR) is 158 cm³/mol. The summed E-state index contributed by atoms with van der Waals surface area (Å²) in [7, 11) is -0.110. The number of hydrogen-bond acceptors (Lipinski definition) is 6. The Morgan fingerprint density at radius 2 is 1.68 bits per heavy atom. The van der Waals surface area contributed by atoms with Crippen LogP contribution in [0.5, 0.6) is 0 Å². The number of carbonyl (C=O) groups excluding carboxylic acids is 2. The Morgan fingerprint density at radius 3 is 2.27 bits per heavy atom. The standard InChI is InChI=1S/C32H38N4O4S/c1-32(2,3)35-22-28(24-8-6-5-7-9-24)36(31(35)38)26-16-18-34(19-17-26)21-23-10-15-29(33-20-23)41(39)27-13-11-25(12-14-27)30(37)40-4/h5-15,20,26,28H,16-19,21-22H2,1-4H3. The number of esters is 1. The van der Waals surface area contributed by atoms with Crippen molar-refractivity contribution in [1.82, 2.24) is 19.7 Å². The average molecular weight is 575 g/mol. The van der Waals surface area contributed by atoms with Crippen LogP contribution in [0.1, 0.15) is 61.1 Å². The third-order valence-electron chi connectivity index (χ3n) is 7.97. The van der Waals surface area contributed by atoms with Crippen molar-refractivity contribution < 1.29 is 18.5 Å². The lowest BCUT2D eigenvalue weighted by Crippen LogP contribution is -2.49. The fourth-order valence-corrected chi connectivity index (χ4v) is 6.67. The quantitative estimate of drug-likeness (QED) is 0.357. The van der Waals surface area contributed by atoms with E-state index in [4.69, 9.17) is 4.74 Å². The van der Waals surface area contributed by atoms with Crippen molar-refractivity contribution in [2.24, 2.45) is 0 Å². The zero-order chi connectivity index (χ0) is 29.1. The number of hydrogen-bond donors (Lipinski definition) is 0. The van der Waals surface area contributed by atoms with Gasteiger partial charge in [0.2, 0.25) is 0 Å². The molecule has 3 aromatic rings. The van der Waals surface area contributed by atoms with Crippen LogP contribution in [0.25, 0.3) is 0 Å². The van der Waals surface area contributed by atoms with Crippen molar-refractivity contribution in [3.63, 3.8) is 0 Å². The van der Waals surface area contributed by atoms with E-state index in [9.17, 15) is 13.8 Å². The summed E-state index contributed by atoms with van der Waals surface area (Å²) >= 11 is 0. The summed E-state index contributed by atoms with van der Waals surface area (Å²) < 4.78 is 17.7. The highest BCUT2D eigenvalue weighted by Gasteiger charge is 2.46. The van der Waals surface area contributed by atoms with E-state index in [2.05, 4.69) is 59.8 Å². The summed E-state index contributed by atoms with van der Waals surface area (Å²) in [6.07, 6.45) is 3.63. The summed E-state index contributed by atoms with van der Waals surface area (Å²) in [6, 6.07) is 21.1. The minimum atomic E-state index is -1.44. The monoisotopic (exact) mass is 574 g/mol. The van der Waals surface area contributed by atoms with Crippen molar-refractivity contribution >= 4 is 22.8 Å². The molecular formula is C32H38N4O4S. The summed E-state index contributed by atoms with van der Waals surface area (Å²) in [5.74, 6) is -0.427. The number of carbonyl (C=O) groups is 2. The Balaban J connectivity index is 1.20. The van der Waals surface area contributed by atoms with E-state index >= 15 is 0 Å². The van der Waals surface area contributed by atoms with Crippen molar-refractivity contribution in [3.8, 4) is 0 Å². The number of rotatable bonds is 7. The van der Waals surface area contributed by atoms with Crippen molar-refractivity contribution in [3.05, 3.63) is 89.6 Å². The number of ether oxygens (including phenoxy) is 1. The van der Waals surface area contributed by atoms with E-state index in [1.807, 2.05) is 17.0 Å². The molecule has 0 radical (unpaired) electrons. The number of urea groups is 1. The SMILES string of the molecule is COC(=O)c1ccc(S(=O)c2ccc(CN3CCC(N4C(=O)N(C(C)(C)C)CC4c4ccccc4)CC3)cn2)cc1. The topological polar surface area (TPSA) is 83.1 Å². The van der Waals surface area contributed by atoms with Crippen LogP contribution in [0, 0.1) is 0 Å². The van der Waals surface area contributed by atoms with Crippen LogP contribution in [0.3, 0.4) is 0 Å². The maximum atomic E-state index is 13.6. The van der Waals surface area contributed by atoms with Gasteiger partial charge in [-0.05, 0) is 75.1 Å². The fourth-order valence-electron chi connectivity index (χ4n) is 5.71. The maximum absolute atomic E-state index is 13.6. The van der Waals surface area contributed by atoms with Gasteiger partial charge in [-0.3, -0.25) is 4.90 Å². The van der Waals surface area contributed by atoms with Crippen LogP contribution < -0.4 is 0 Å². The Kier molecular flexibility index (Phi) is 8.56. The van der Waals surface area contributed by atoms with Crippen molar-refractivity contribution in [2.45, 2.75) is 67.7 Å². The van der Waals surface area contributed by atoms with Gasteiger partial charge in [0.1, 0.15) is 15.8 Å². The zero-order valence-corrected chi connectivity index (χ0v) is 25.0. The van der Waals surface area contributed by atoms with Gasteiger partial charge in [0.05, 0.1) is 18.7 Å². The molecule has 2 fully saturated rings. The van der Waals surface area contributed by atoms with Gasteiger partial charge >= 0.3 is 12.0 Å². The summed E-state index contributed by atoms with van der Waals surface area (Å²) in [5, 5.41) is 0.473. The number of benzene rings is 2. The van der Waals surface area contributed by atoms with Gasteiger partial charge in [-0.2, -0.15) is 0 Å². The number of methoxy groups -OCH3 is 1. The molecular weight excluding hydrogens is 536 g/mol. The van der Waals surface area contributed by atoms with Gasteiger partial charge in [-0.25, -0.2) is 18.8 Å². The molecule has 2 atom stereocenters. The molecule has 2 saturated heterocycles. The molecule has 2 aliphatic rings. The second-order valence-electron chi connectivity index (χ2n) is 11.7. The molecule has 2 unspecified atom stereocenters. The Morgan fingerprint density at radius 1 is 1.00 bits per heavy atom. The number of nitrogens with zero attached hydrogens (tertiary/aromatic N) is 4. The molecule has 0 spiro atoms. The minimum Gasteiger partial charge on any atom is -0.465 e. The van der Waals surface area contributed by atoms with Crippen LogP contribution in [0.4, 0.5) is 4.79 Å². The molecule has 0 aliphatic carbocycles. The first-order valence-corrected chi connectivity index (χ1v) is 15.2. The lowest BCUT2D eigenvalue weighted by Gasteiger charge is -2.39. The smallest absolute Gasteiger partial charge is 0.337 e. The van der Waals surface area contributed by atoms with Gasteiger partial charge in [0.15, 0.2) is 0 Å². The molecule has 2 aromatic carbocycles. The van der Waals surface area contributed by atoms with E-state index in [1.54, 1.807) is 36.5 Å². The molecule has 9 heteroatoms. The molecule has 41 heavy (non-hydrogen) atoms. The first-order valence-electron chi connectivity index (χ1n) is 14.1. The zero-order valence-electron chi connectivity index (χ0n) is 24.2. The van der Waals surface area contributed by atoms with Crippen LogP contribution >= 0.6 is 0 Å². The third-order valence-corrected chi connectivity index (χ3v) is 9.29. The summed E-state index contributed by atoms with van der Waals surface area (Å²) in [4.78, 5) is 36.9. The Labute approximate surface area is 244 Å². The average Bonchev–Trinajstić information content (AvgIpc) is 3.35. The van der Waals surface area contributed by atoms with E-state index < -0.39 is 16.8 Å². The van der Waals surface area contributed by atoms with Gasteiger partial charge < -0.3 is 14.5 Å². The maximum Gasteiger partial charge on any atom is 0.337 e. The molecule has 2 aliphatic heterocycles. The van der Waals surface area contributed by atoms with Gasteiger partial charge in [0.25, 0.3) is 0 Å². The molecule has 216 valence electrons. The molecule has 5 rings (SSSR count). The minimum absolute atomic E-state index is 0.0637. The number of piperidine rings is 1. The molecule has 1 aromatic heterocycles. The number of pyridine rings is 1. The molecule has 0 N–H and O–H groups in total. The van der Waals surface area contributed by atoms with E-state index in [0.717, 1.165) is 38.0 Å². The first-order chi connectivity index (χ1) is 19.7. The van der Waals surface area contributed by atoms with Crippen LogP contribution in [-0.4, -0.2) is 74.2 Å². The van der Waals surface area contributed by atoms with Crippen molar-refractivity contribution in [1.29, 1.82) is 0 Å². The van der Waals surface area contributed by atoms with Crippen LogP contribution in [0.15, 0.2) is 82.8 Å². The van der Waals surface area contributed by atoms with Gasteiger partial charge in [0, 0.05) is 48.9 Å². The number of likely N-dealkylation sites (tertiary alicyclic amines) is 1. The molecule has 3 heterocycles. The van der Waals surface area contributed by atoms with Gasteiger partial charge in [-0.1, -0.05) is 36.4 Å². The van der Waals surface area contributed by atoms with Crippen LogP contribution in [-0.2, 0) is 22.1 Å². The summed E-state index contributed by atoms with van der Waals surface area (Å²) in [5.41, 5.74) is 2.44. The van der Waals surface area contributed by atoms with Gasteiger partial charge in [-0.15, -0.1) is 0 Å². The second kappa shape index (κ2) is 12.1. The van der Waals surface area contributed by atoms with Crippen LogP contribution in [0.2, 0.25) is 0 Å². The molecule has 0 saturated carbocycles. The Bertz CT molecular complexity index is 1380. The third kappa shape index (κ3) is 6.36. The second-order valence-corrected chi connectivity index (χ2v) is 13.1. The predicted octanol–water partition coefficient (Wildman–Crippen LogP) is 5.28. The number of amides is 2. The van der Waals surface area contributed by atoms with Crippen molar-refractivity contribution in [2.75, 3.05) is 26.7 Å². The lowest BCUT2D eigenvalue weighted by atomic mass is 9.98. The lowest BCUT2D eigenvalue weighted by molar-refractivity contribution is 0.0600. The highest BCUT2D eigenvalue weighted by atomic mass is 32.2. The fraction of sp³-hybridized carbons (Fsp3) is 0.406. The highest BCUT2D eigenvalue weighted by Crippen LogP contribution is 2.37.